The molecule has 26 heavy (non-hydrogen) atoms. The van der Waals surface area contributed by atoms with Gasteiger partial charge in [0.2, 0.25) is 0 Å². The number of carbonyl (C=O) groups excluding carboxylic acids is 1. The van der Waals surface area contributed by atoms with Crippen LogP contribution < -0.4 is 16.4 Å². The molecule has 2 aromatic carbocycles. The summed E-state index contributed by atoms with van der Waals surface area (Å²) in [7, 11) is 0. The predicted octanol–water partition coefficient (Wildman–Crippen LogP) is 3.60. The molecule has 0 aromatic heterocycles. The van der Waals surface area contributed by atoms with Crippen molar-refractivity contribution in [2.45, 2.75) is 6.92 Å². The summed E-state index contributed by atoms with van der Waals surface area (Å²) in [5.41, 5.74) is 7.39. The summed E-state index contributed by atoms with van der Waals surface area (Å²) < 4.78 is 0. The summed E-state index contributed by atoms with van der Waals surface area (Å²) in [6.07, 6.45) is 1.21. The van der Waals surface area contributed by atoms with Crippen molar-refractivity contribution >= 4 is 40.3 Å². The Hall–Kier alpha value is -3.57. The molecule has 0 aliphatic rings. The summed E-state index contributed by atoms with van der Waals surface area (Å²) in [6, 6.07) is 10.8. The van der Waals surface area contributed by atoms with Crippen LogP contribution in [0.1, 0.15) is 5.56 Å². The molecule has 0 atom stereocenters. The van der Waals surface area contributed by atoms with Gasteiger partial charge in [0.1, 0.15) is 16.7 Å². The Balaban J connectivity index is 2.17. The number of halogens is 1. The summed E-state index contributed by atoms with van der Waals surface area (Å²) in [5.74, 6) is -0.734. The van der Waals surface area contributed by atoms with Crippen LogP contribution >= 0.6 is 11.6 Å². The zero-order valence-electron chi connectivity index (χ0n) is 13.6. The van der Waals surface area contributed by atoms with Gasteiger partial charge in [-0.15, -0.1) is 0 Å². The van der Waals surface area contributed by atoms with E-state index < -0.39 is 10.8 Å². The number of anilines is 3. The zero-order valence-corrected chi connectivity index (χ0v) is 14.4. The molecular formula is C17H14ClN5O3. The topological polar surface area (TPSA) is 134 Å². The Morgan fingerprint density at radius 2 is 2.08 bits per heavy atom. The highest BCUT2D eigenvalue weighted by molar-refractivity contribution is 6.32. The number of nitrogen functional groups attached to an aromatic ring is 1. The average Bonchev–Trinajstić information content (AvgIpc) is 2.58. The van der Waals surface area contributed by atoms with Crippen LogP contribution in [0, 0.1) is 28.4 Å². The van der Waals surface area contributed by atoms with Crippen molar-refractivity contribution in [3.8, 4) is 6.07 Å². The molecule has 9 heteroatoms. The van der Waals surface area contributed by atoms with Gasteiger partial charge in [-0.2, -0.15) is 5.26 Å². The molecule has 0 saturated heterocycles. The standard InChI is InChI=1S/C17H14ClN5O3/c1-10-2-5-15(14(20)6-10)21-9-11(8-19)17(24)22-12-3-4-13(18)16(7-12)23(25)26/h2-7,9,21H,20H2,1H3,(H,22,24)/b11-9-. The molecule has 4 N–H and O–H groups in total. The van der Waals surface area contributed by atoms with Crippen molar-refractivity contribution in [2.24, 2.45) is 0 Å². The van der Waals surface area contributed by atoms with Gasteiger partial charge in [-0.25, -0.2) is 0 Å². The van der Waals surface area contributed by atoms with E-state index in [2.05, 4.69) is 10.6 Å². The van der Waals surface area contributed by atoms with E-state index in [9.17, 15) is 20.2 Å². The predicted molar refractivity (Wildman–Crippen MR) is 99.6 cm³/mol. The number of nitro groups is 1. The van der Waals surface area contributed by atoms with E-state index in [4.69, 9.17) is 17.3 Å². The Morgan fingerprint density at radius 3 is 2.69 bits per heavy atom. The van der Waals surface area contributed by atoms with E-state index in [0.717, 1.165) is 11.6 Å². The van der Waals surface area contributed by atoms with Crippen LogP contribution in [0.2, 0.25) is 5.02 Å². The van der Waals surface area contributed by atoms with Crippen molar-refractivity contribution < 1.29 is 9.72 Å². The third kappa shape index (κ3) is 4.49. The van der Waals surface area contributed by atoms with E-state index in [-0.39, 0.29) is 22.0 Å². The van der Waals surface area contributed by atoms with Crippen molar-refractivity contribution in [1.82, 2.24) is 0 Å². The molecule has 0 aliphatic carbocycles. The van der Waals surface area contributed by atoms with Crippen molar-refractivity contribution in [3.63, 3.8) is 0 Å². The average molecular weight is 372 g/mol. The number of nitrogens with zero attached hydrogens (tertiary/aromatic N) is 2. The van der Waals surface area contributed by atoms with E-state index in [1.165, 1.54) is 18.3 Å². The van der Waals surface area contributed by atoms with Crippen LogP contribution in [-0.2, 0) is 4.79 Å². The van der Waals surface area contributed by atoms with Gasteiger partial charge in [-0.05, 0) is 36.8 Å². The molecule has 1 amide bonds. The molecule has 0 radical (unpaired) electrons. The SMILES string of the molecule is Cc1ccc(N/C=C(/C#N)C(=O)Nc2ccc(Cl)c([N+](=O)[O-])c2)c(N)c1. The fraction of sp³-hybridized carbons (Fsp3) is 0.0588. The van der Waals surface area contributed by atoms with Gasteiger partial charge in [0.15, 0.2) is 0 Å². The Labute approximate surface area is 154 Å². The number of amides is 1. The second-order valence-corrected chi connectivity index (χ2v) is 5.69. The molecule has 0 unspecified atom stereocenters. The lowest BCUT2D eigenvalue weighted by molar-refractivity contribution is -0.384. The van der Waals surface area contributed by atoms with Crippen LogP contribution in [0.4, 0.5) is 22.7 Å². The lowest BCUT2D eigenvalue weighted by atomic mass is 10.2. The normalized spacial score (nSPS) is 10.7. The smallest absolute Gasteiger partial charge is 0.289 e. The Kier molecular flexibility index (Phi) is 5.78. The van der Waals surface area contributed by atoms with Crippen molar-refractivity contribution in [3.05, 3.63) is 68.9 Å². The molecular weight excluding hydrogens is 358 g/mol. The van der Waals surface area contributed by atoms with Crippen LogP contribution in [0.5, 0.6) is 0 Å². The number of hydrogen-bond acceptors (Lipinski definition) is 6. The highest BCUT2D eigenvalue weighted by Gasteiger charge is 2.15. The highest BCUT2D eigenvalue weighted by Crippen LogP contribution is 2.27. The van der Waals surface area contributed by atoms with E-state index in [1.54, 1.807) is 18.2 Å². The molecule has 0 aliphatic heterocycles. The first-order valence-corrected chi connectivity index (χ1v) is 7.68. The maximum atomic E-state index is 12.2. The Bertz CT molecular complexity index is 950. The minimum Gasteiger partial charge on any atom is -0.397 e. The quantitative estimate of drug-likeness (QED) is 0.241. The van der Waals surface area contributed by atoms with Crippen molar-refractivity contribution in [1.29, 1.82) is 5.26 Å². The number of rotatable bonds is 5. The van der Waals surface area contributed by atoms with Crippen LogP contribution in [0.15, 0.2) is 48.2 Å². The zero-order chi connectivity index (χ0) is 19.3. The van der Waals surface area contributed by atoms with Gasteiger partial charge in [0, 0.05) is 18.0 Å². The minimum absolute atomic E-state index is 0.0550. The molecule has 2 rings (SSSR count). The molecule has 2 aromatic rings. The summed E-state index contributed by atoms with van der Waals surface area (Å²) >= 11 is 5.72. The van der Waals surface area contributed by atoms with Crippen molar-refractivity contribution in [2.75, 3.05) is 16.4 Å². The maximum absolute atomic E-state index is 12.2. The Morgan fingerprint density at radius 1 is 1.35 bits per heavy atom. The second-order valence-electron chi connectivity index (χ2n) is 5.28. The summed E-state index contributed by atoms with van der Waals surface area (Å²) in [6.45, 7) is 1.88. The van der Waals surface area contributed by atoms with Gasteiger partial charge in [0.25, 0.3) is 11.6 Å². The number of carbonyl (C=O) groups is 1. The first kappa shape index (κ1) is 18.8. The number of nitrogens with two attached hydrogens (primary N) is 1. The molecule has 0 heterocycles. The second kappa shape index (κ2) is 8.00. The van der Waals surface area contributed by atoms with Crippen LogP contribution in [-0.4, -0.2) is 10.8 Å². The van der Waals surface area contributed by atoms with E-state index in [0.29, 0.717) is 11.4 Å². The first-order chi connectivity index (χ1) is 12.3. The lowest BCUT2D eigenvalue weighted by Crippen LogP contribution is -2.14. The fourth-order valence-corrected chi connectivity index (χ4v) is 2.23. The minimum atomic E-state index is -0.734. The van der Waals surface area contributed by atoms with Crippen LogP contribution in [0.3, 0.4) is 0 Å². The number of nitro benzene ring substituents is 1. The van der Waals surface area contributed by atoms with E-state index >= 15 is 0 Å². The number of hydrogen-bond donors (Lipinski definition) is 3. The summed E-state index contributed by atoms with van der Waals surface area (Å²) in [5, 5.41) is 25.2. The van der Waals surface area contributed by atoms with Gasteiger partial charge >= 0.3 is 0 Å². The number of nitriles is 1. The first-order valence-electron chi connectivity index (χ1n) is 7.30. The number of nitrogens with one attached hydrogen (secondary N) is 2. The monoisotopic (exact) mass is 371 g/mol. The highest BCUT2D eigenvalue weighted by atomic mass is 35.5. The van der Waals surface area contributed by atoms with Gasteiger partial charge in [-0.3, -0.25) is 14.9 Å². The number of benzene rings is 2. The maximum Gasteiger partial charge on any atom is 0.289 e. The van der Waals surface area contributed by atoms with Gasteiger partial charge < -0.3 is 16.4 Å². The fourth-order valence-electron chi connectivity index (χ4n) is 2.04. The third-order valence-electron chi connectivity index (χ3n) is 3.34. The molecule has 0 bridgehead atoms. The summed E-state index contributed by atoms with van der Waals surface area (Å²) in [4.78, 5) is 22.4. The number of aryl methyl sites for hydroxylation is 1. The van der Waals surface area contributed by atoms with Crippen LogP contribution in [0.25, 0.3) is 0 Å². The molecule has 0 saturated carbocycles. The van der Waals surface area contributed by atoms with E-state index in [1.807, 2.05) is 13.0 Å². The lowest BCUT2D eigenvalue weighted by Gasteiger charge is -2.08. The van der Waals surface area contributed by atoms with Gasteiger partial charge in [0.05, 0.1) is 16.3 Å². The third-order valence-corrected chi connectivity index (χ3v) is 3.66. The largest absolute Gasteiger partial charge is 0.397 e. The molecule has 0 spiro atoms. The molecule has 132 valence electrons. The molecule has 8 nitrogen and oxygen atoms in total. The van der Waals surface area contributed by atoms with Gasteiger partial charge in [-0.1, -0.05) is 17.7 Å². The molecule has 0 fully saturated rings.